The second-order valence-corrected chi connectivity index (χ2v) is 6.63. The lowest BCUT2D eigenvalue weighted by Gasteiger charge is -2.05. The number of nitrogens with one attached hydrogen (secondary N) is 1. The van der Waals surface area contributed by atoms with E-state index in [0.717, 1.165) is 29.5 Å². The van der Waals surface area contributed by atoms with Gasteiger partial charge in [0.1, 0.15) is 10.7 Å². The Balaban J connectivity index is 1.97. The maximum Gasteiger partial charge on any atom is 0.271 e. The first-order valence-corrected chi connectivity index (χ1v) is 8.07. The molecule has 5 nitrogen and oxygen atoms in total. The molecular weight excluding hydrogens is 378 g/mol. The van der Waals surface area contributed by atoms with E-state index in [2.05, 4.69) is 5.32 Å². The zero-order valence-corrected chi connectivity index (χ0v) is 14.0. The van der Waals surface area contributed by atoms with Gasteiger partial charge in [-0.05, 0) is 18.2 Å². The zero-order valence-electron chi connectivity index (χ0n) is 11.7. The lowest BCUT2D eigenvalue weighted by Crippen LogP contribution is -2.12. The van der Waals surface area contributed by atoms with Crippen LogP contribution in [-0.2, 0) is 0 Å². The largest absolute Gasteiger partial charge is 0.318 e. The van der Waals surface area contributed by atoms with Gasteiger partial charge in [-0.1, -0.05) is 29.3 Å². The van der Waals surface area contributed by atoms with Crippen LogP contribution in [0.1, 0.15) is 9.67 Å². The van der Waals surface area contributed by atoms with Crippen molar-refractivity contribution in [2.24, 2.45) is 0 Å². The van der Waals surface area contributed by atoms with Crippen LogP contribution in [0.25, 0.3) is 10.1 Å². The van der Waals surface area contributed by atoms with Gasteiger partial charge in [-0.25, -0.2) is 4.39 Å². The molecule has 3 aromatic rings. The Labute approximate surface area is 148 Å². The molecule has 0 fully saturated rings. The minimum absolute atomic E-state index is 0.167. The number of carbonyl (C=O) groups excluding carboxylic acids is 1. The molecule has 0 radical (unpaired) electrons. The number of nitro groups is 1. The molecule has 9 heteroatoms. The van der Waals surface area contributed by atoms with Crippen LogP contribution in [0.15, 0.2) is 36.4 Å². The Morgan fingerprint density at radius 1 is 1.21 bits per heavy atom. The van der Waals surface area contributed by atoms with Crippen molar-refractivity contribution in [2.45, 2.75) is 0 Å². The van der Waals surface area contributed by atoms with Crippen molar-refractivity contribution in [3.05, 3.63) is 67.3 Å². The summed E-state index contributed by atoms with van der Waals surface area (Å²) in [7, 11) is 0. The summed E-state index contributed by atoms with van der Waals surface area (Å²) in [6, 6.07) is 7.87. The molecule has 3 rings (SSSR count). The molecule has 0 saturated carbocycles. The Hall–Kier alpha value is -2.22. The van der Waals surface area contributed by atoms with Gasteiger partial charge in [-0.15, -0.1) is 11.3 Å². The predicted molar refractivity (Wildman–Crippen MR) is 92.9 cm³/mol. The third-order valence-corrected chi connectivity index (χ3v) is 5.10. The van der Waals surface area contributed by atoms with Crippen molar-refractivity contribution in [3.8, 4) is 0 Å². The fourth-order valence-corrected chi connectivity index (χ4v) is 3.78. The number of hydrogen-bond acceptors (Lipinski definition) is 4. The van der Waals surface area contributed by atoms with E-state index in [1.165, 1.54) is 0 Å². The number of rotatable bonds is 3. The highest BCUT2D eigenvalue weighted by atomic mass is 35.5. The van der Waals surface area contributed by atoms with Gasteiger partial charge < -0.3 is 5.32 Å². The van der Waals surface area contributed by atoms with Crippen molar-refractivity contribution < 1.29 is 14.1 Å². The molecule has 0 spiro atoms. The van der Waals surface area contributed by atoms with E-state index in [9.17, 15) is 19.3 Å². The third-order valence-electron chi connectivity index (χ3n) is 3.21. The lowest BCUT2D eigenvalue weighted by atomic mass is 10.2. The number of non-ortho nitro benzene ring substituents is 1. The maximum atomic E-state index is 13.8. The molecule has 2 aromatic carbocycles. The third kappa shape index (κ3) is 3.06. The Morgan fingerprint density at radius 2 is 1.96 bits per heavy atom. The normalized spacial score (nSPS) is 10.8. The molecule has 0 bridgehead atoms. The van der Waals surface area contributed by atoms with Crippen molar-refractivity contribution in [3.63, 3.8) is 0 Å². The van der Waals surface area contributed by atoms with Gasteiger partial charge in [0, 0.05) is 27.2 Å². The second-order valence-electron chi connectivity index (χ2n) is 4.76. The van der Waals surface area contributed by atoms with Crippen molar-refractivity contribution >= 4 is 61.9 Å². The van der Waals surface area contributed by atoms with Gasteiger partial charge in [0.05, 0.1) is 15.6 Å². The summed E-state index contributed by atoms with van der Waals surface area (Å²) in [5.41, 5.74) is -0.623. The molecule has 0 aliphatic heterocycles. The first-order valence-electron chi connectivity index (χ1n) is 6.49. The summed E-state index contributed by atoms with van der Waals surface area (Å²) in [5, 5.41) is 14.4. The lowest BCUT2D eigenvalue weighted by molar-refractivity contribution is -0.384. The SMILES string of the molecule is O=C(Nc1cc([N+](=O)[O-])ccc1F)c1sc2cc(Cl)ccc2c1Cl. The number of hydrogen-bond donors (Lipinski definition) is 1. The summed E-state index contributed by atoms with van der Waals surface area (Å²) in [5.74, 6) is -1.44. The van der Waals surface area contributed by atoms with Crippen LogP contribution in [0, 0.1) is 15.9 Å². The number of thiophene rings is 1. The van der Waals surface area contributed by atoms with E-state index in [1.54, 1.807) is 18.2 Å². The van der Waals surface area contributed by atoms with Crippen molar-refractivity contribution in [2.75, 3.05) is 5.32 Å². The standard InChI is InChI=1S/C15H7Cl2FN2O3S/c16-7-1-3-9-12(5-7)24-14(13(9)17)15(21)19-11-6-8(20(22)23)2-4-10(11)18/h1-6H,(H,19,21). The molecular formula is C15H7Cl2FN2O3S. The van der Waals surface area contributed by atoms with Crippen LogP contribution >= 0.6 is 34.5 Å². The molecule has 0 unspecified atom stereocenters. The van der Waals surface area contributed by atoms with Crippen LogP contribution < -0.4 is 5.32 Å². The Bertz CT molecular complexity index is 990. The summed E-state index contributed by atoms with van der Waals surface area (Å²) in [6.07, 6.45) is 0. The number of nitro benzene ring substituents is 1. The van der Waals surface area contributed by atoms with Crippen LogP contribution in [0.5, 0.6) is 0 Å². The highest BCUT2D eigenvalue weighted by Crippen LogP contribution is 2.37. The van der Waals surface area contributed by atoms with Crippen molar-refractivity contribution in [1.82, 2.24) is 0 Å². The molecule has 0 saturated heterocycles. The highest BCUT2D eigenvalue weighted by Gasteiger charge is 2.20. The Morgan fingerprint density at radius 3 is 2.67 bits per heavy atom. The quantitative estimate of drug-likeness (QED) is 0.478. The summed E-state index contributed by atoms with van der Waals surface area (Å²) >= 11 is 13.2. The topological polar surface area (TPSA) is 72.2 Å². The van der Waals surface area contributed by atoms with Crippen molar-refractivity contribution in [1.29, 1.82) is 0 Å². The van der Waals surface area contributed by atoms with E-state index in [4.69, 9.17) is 23.2 Å². The number of anilines is 1. The molecule has 0 aliphatic carbocycles. The first kappa shape index (κ1) is 16.6. The van der Waals surface area contributed by atoms with E-state index in [-0.39, 0.29) is 21.3 Å². The van der Waals surface area contributed by atoms with Gasteiger partial charge in [-0.3, -0.25) is 14.9 Å². The molecule has 122 valence electrons. The average molecular weight is 385 g/mol. The minimum atomic E-state index is -0.783. The number of halogens is 3. The summed E-state index contributed by atoms with van der Waals surface area (Å²) in [6.45, 7) is 0. The molecule has 24 heavy (non-hydrogen) atoms. The van der Waals surface area contributed by atoms with Gasteiger partial charge in [0.2, 0.25) is 0 Å². The van der Waals surface area contributed by atoms with Crippen LogP contribution in [0.3, 0.4) is 0 Å². The second kappa shape index (κ2) is 6.35. The van der Waals surface area contributed by atoms with E-state index >= 15 is 0 Å². The van der Waals surface area contributed by atoms with Gasteiger partial charge in [0.25, 0.3) is 11.6 Å². The number of fused-ring (bicyclic) bond motifs is 1. The minimum Gasteiger partial charge on any atom is -0.318 e. The van der Waals surface area contributed by atoms with E-state index < -0.39 is 16.6 Å². The van der Waals surface area contributed by atoms with Gasteiger partial charge >= 0.3 is 0 Å². The number of carbonyl (C=O) groups is 1. The van der Waals surface area contributed by atoms with Gasteiger partial charge in [-0.2, -0.15) is 0 Å². The smallest absolute Gasteiger partial charge is 0.271 e. The molecule has 0 atom stereocenters. The van der Waals surface area contributed by atoms with E-state index in [0.29, 0.717) is 15.1 Å². The number of nitrogens with zero attached hydrogens (tertiary/aromatic N) is 1. The van der Waals surface area contributed by atoms with E-state index in [1.807, 2.05) is 0 Å². The summed E-state index contributed by atoms with van der Waals surface area (Å²) < 4.78 is 14.5. The first-order chi connectivity index (χ1) is 11.4. The maximum absolute atomic E-state index is 13.8. The molecule has 1 amide bonds. The fraction of sp³-hybridized carbons (Fsp3) is 0. The molecule has 1 aromatic heterocycles. The van der Waals surface area contributed by atoms with Gasteiger partial charge in [0.15, 0.2) is 0 Å². The molecule has 0 aliphatic rings. The Kier molecular flexibility index (Phi) is 4.40. The molecule has 1 N–H and O–H groups in total. The highest BCUT2D eigenvalue weighted by molar-refractivity contribution is 7.21. The van der Waals surface area contributed by atoms with Crippen LogP contribution in [0.4, 0.5) is 15.8 Å². The van der Waals surface area contributed by atoms with Crippen LogP contribution in [-0.4, -0.2) is 10.8 Å². The number of benzene rings is 2. The molecule has 1 heterocycles. The monoisotopic (exact) mass is 384 g/mol. The number of amides is 1. The average Bonchev–Trinajstić information content (AvgIpc) is 2.85. The zero-order chi connectivity index (χ0) is 17.4. The van der Waals surface area contributed by atoms with Crippen LogP contribution in [0.2, 0.25) is 10.0 Å². The predicted octanol–water partition coefficient (Wildman–Crippen LogP) is 5.51. The summed E-state index contributed by atoms with van der Waals surface area (Å²) in [4.78, 5) is 22.6. The fourth-order valence-electron chi connectivity index (χ4n) is 2.09.